The summed E-state index contributed by atoms with van der Waals surface area (Å²) >= 11 is 0. The van der Waals surface area contributed by atoms with Gasteiger partial charge < -0.3 is 10.6 Å². The van der Waals surface area contributed by atoms with Crippen LogP contribution in [-0.4, -0.2) is 33.7 Å². The number of nitrogens with one attached hydrogen (secondary N) is 2. The summed E-state index contributed by atoms with van der Waals surface area (Å²) in [6.07, 6.45) is 4.89. The van der Waals surface area contributed by atoms with E-state index < -0.39 is 0 Å². The molecular formula is C12H16FN5. The van der Waals surface area contributed by atoms with Crippen molar-refractivity contribution < 1.29 is 4.39 Å². The standard InChI is InChI=1S/C12H16FN5/c13-9-3-4-11-16-12(17-18(11)8-9)15-7-5-10-2-1-6-14-10/h3-4,8,10,14H,1-2,5-7H2,(H,15,17). The molecule has 3 heterocycles. The Morgan fingerprint density at radius 1 is 1.50 bits per heavy atom. The van der Waals surface area contributed by atoms with Crippen LogP contribution in [0.3, 0.4) is 0 Å². The molecule has 0 saturated carbocycles. The van der Waals surface area contributed by atoms with Gasteiger partial charge in [0.2, 0.25) is 5.95 Å². The molecule has 18 heavy (non-hydrogen) atoms. The number of rotatable bonds is 4. The first-order valence-electron chi connectivity index (χ1n) is 6.30. The van der Waals surface area contributed by atoms with Crippen LogP contribution in [0.15, 0.2) is 18.3 Å². The molecule has 0 aliphatic carbocycles. The molecule has 5 nitrogen and oxygen atoms in total. The Bertz CT molecular complexity index is 532. The fraction of sp³-hybridized carbons (Fsp3) is 0.500. The molecule has 1 atom stereocenters. The van der Waals surface area contributed by atoms with Gasteiger partial charge in [0.25, 0.3) is 0 Å². The van der Waals surface area contributed by atoms with Crippen LogP contribution in [0.5, 0.6) is 0 Å². The zero-order chi connectivity index (χ0) is 12.4. The van der Waals surface area contributed by atoms with E-state index in [0.717, 1.165) is 19.5 Å². The Morgan fingerprint density at radius 2 is 2.44 bits per heavy atom. The van der Waals surface area contributed by atoms with Crippen molar-refractivity contribution in [1.82, 2.24) is 19.9 Å². The Balaban J connectivity index is 1.60. The van der Waals surface area contributed by atoms with Crippen LogP contribution in [0.4, 0.5) is 10.3 Å². The van der Waals surface area contributed by atoms with Gasteiger partial charge in [-0.1, -0.05) is 0 Å². The maximum atomic E-state index is 13.0. The third-order valence-electron chi connectivity index (χ3n) is 3.23. The summed E-state index contributed by atoms with van der Waals surface area (Å²) in [6, 6.07) is 3.61. The molecular weight excluding hydrogens is 233 g/mol. The molecule has 1 aliphatic rings. The highest BCUT2D eigenvalue weighted by Crippen LogP contribution is 2.10. The van der Waals surface area contributed by atoms with Crippen molar-refractivity contribution in [2.75, 3.05) is 18.4 Å². The van der Waals surface area contributed by atoms with Gasteiger partial charge in [0.05, 0.1) is 6.20 Å². The molecule has 0 spiro atoms. The molecule has 0 amide bonds. The van der Waals surface area contributed by atoms with Gasteiger partial charge in [-0.3, -0.25) is 0 Å². The van der Waals surface area contributed by atoms with E-state index in [2.05, 4.69) is 20.7 Å². The van der Waals surface area contributed by atoms with E-state index in [9.17, 15) is 4.39 Å². The van der Waals surface area contributed by atoms with Gasteiger partial charge in [0, 0.05) is 12.6 Å². The predicted octanol–water partition coefficient (Wildman–Crippen LogP) is 1.42. The molecule has 96 valence electrons. The Kier molecular flexibility index (Phi) is 3.10. The number of halogens is 1. The van der Waals surface area contributed by atoms with E-state index in [-0.39, 0.29) is 5.82 Å². The summed E-state index contributed by atoms with van der Waals surface area (Å²) in [4.78, 5) is 4.27. The highest BCUT2D eigenvalue weighted by Gasteiger charge is 2.13. The molecule has 0 aromatic carbocycles. The molecule has 0 radical (unpaired) electrons. The topological polar surface area (TPSA) is 54.2 Å². The van der Waals surface area contributed by atoms with Gasteiger partial charge in [-0.05, 0) is 37.9 Å². The molecule has 2 aromatic heterocycles. The minimum Gasteiger partial charge on any atom is -0.353 e. The smallest absolute Gasteiger partial charge is 0.243 e. The van der Waals surface area contributed by atoms with E-state index in [1.165, 1.54) is 29.6 Å². The van der Waals surface area contributed by atoms with E-state index in [1.54, 1.807) is 6.07 Å². The van der Waals surface area contributed by atoms with Crippen molar-refractivity contribution in [1.29, 1.82) is 0 Å². The first kappa shape index (κ1) is 11.4. The van der Waals surface area contributed by atoms with Gasteiger partial charge in [-0.15, -0.1) is 5.10 Å². The number of nitrogens with zero attached hydrogens (tertiary/aromatic N) is 3. The first-order chi connectivity index (χ1) is 8.81. The number of hydrogen-bond acceptors (Lipinski definition) is 4. The fourth-order valence-corrected chi connectivity index (χ4v) is 2.29. The SMILES string of the molecule is Fc1ccc2nc(NCCC3CCCN3)nn2c1. The van der Waals surface area contributed by atoms with Gasteiger partial charge in [-0.2, -0.15) is 4.98 Å². The highest BCUT2D eigenvalue weighted by atomic mass is 19.1. The lowest BCUT2D eigenvalue weighted by atomic mass is 10.2. The summed E-state index contributed by atoms with van der Waals surface area (Å²) < 4.78 is 14.4. The quantitative estimate of drug-likeness (QED) is 0.860. The predicted molar refractivity (Wildman–Crippen MR) is 67.1 cm³/mol. The van der Waals surface area contributed by atoms with Crippen molar-refractivity contribution in [3.63, 3.8) is 0 Å². The third-order valence-corrected chi connectivity index (χ3v) is 3.23. The van der Waals surface area contributed by atoms with Crippen molar-refractivity contribution >= 4 is 11.6 Å². The van der Waals surface area contributed by atoms with Crippen LogP contribution in [0.2, 0.25) is 0 Å². The molecule has 2 N–H and O–H groups in total. The van der Waals surface area contributed by atoms with Gasteiger partial charge in [-0.25, -0.2) is 8.91 Å². The minimum atomic E-state index is -0.311. The van der Waals surface area contributed by atoms with Crippen molar-refractivity contribution in [3.8, 4) is 0 Å². The monoisotopic (exact) mass is 249 g/mol. The van der Waals surface area contributed by atoms with Gasteiger partial charge in [0.1, 0.15) is 5.82 Å². The molecule has 1 unspecified atom stereocenters. The molecule has 1 aliphatic heterocycles. The summed E-state index contributed by atoms with van der Waals surface area (Å²) in [6.45, 7) is 1.95. The summed E-state index contributed by atoms with van der Waals surface area (Å²) in [5, 5.41) is 10.8. The average molecular weight is 249 g/mol. The molecule has 6 heteroatoms. The Morgan fingerprint density at radius 3 is 3.28 bits per heavy atom. The Hall–Kier alpha value is -1.69. The van der Waals surface area contributed by atoms with Crippen molar-refractivity contribution in [2.24, 2.45) is 0 Å². The van der Waals surface area contributed by atoms with Crippen LogP contribution >= 0.6 is 0 Å². The fourth-order valence-electron chi connectivity index (χ4n) is 2.29. The molecule has 2 aromatic rings. The maximum absolute atomic E-state index is 13.0. The highest BCUT2D eigenvalue weighted by molar-refractivity contribution is 5.42. The summed E-state index contributed by atoms with van der Waals surface area (Å²) in [5.74, 6) is 0.243. The van der Waals surface area contributed by atoms with Crippen LogP contribution in [0, 0.1) is 5.82 Å². The second-order valence-electron chi connectivity index (χ2n) is 4.59. The third kappa shape index (κ3) is 2.43. The van der Waals surface area contributed by atoms with Crippen molar-refractivity contribution in [2.45, 2.75) is 25.3 Å². The van der Waals surface area contributed by atoms with Crippen molar-refractivity contribution in [3.05, 3.63) is 24.1 Å². The number of fused-ring (bicyclic) bond motifs is 1. The second kappa shape index (κ2) is 4.89. The number of anilines is 1. The minimum absolute atomic E-state index is 0.311. The lowest BCUT2D eigenvalue weighted by Gasteiger charge is -2.09. The first-order valence-corrected chi connectivity index (χ1v) is 6.30. The molecule has 0 bridgehead atoms. The lowest BCUT2D eigenvalue weighted by Crippen LogP contribution is -2.24. The average Bonchev–Trinajstić information content (AvgIpc) is 2.97. The van der Waals surface area contributed by atoms with Gasteiger partial charge in [0.15, 0.2) is 5.65 Å². The molecule has 1 fully saturated rings. The number of hydrogen-bond donors (Lipinski definition) is 2. The molecule has 3 rings (SSSR count). The van der Waals surface area contributed by atoms with Crippen LogP contribution < -0.4 is 10.6 Å². The summed E-state index contributed by atoms with van der Waals surface area (Å²) in [7, 11) is 0. The van der Waals surface area contributed by atoms with Gasteiger partial charge >= 0.3 is 0 Å². The maximum Gasteiger partial charge on any atom is 0.243 e. The van der Waals surface area contributed by atoms with Crippen LogP contribution in [-0.2, 0) is 0 Å². The zero-order valence-electron chi connectivity index (χ0n) is 10.1. The van der Waals surface area contributed by atoms with E-state index in [1.807, 2.05) is 0 Å². The zero-order valence-corrected chi connectivity index (χ0v) is 10.1. The second-order valence-corrected chi connectivity index (χ2v) is 4.59. The van der Waals surface area contributed by atoms with E-state index in [4.69, 9.17) is 0 Å². The van der Waals surface area contributed by atoms with Crippen LogP contribution in [0.25, 0.3) is 5.65 Å². The normalized spacial score (nSPS) is 19.5. The number of pyridine rings is 1. The van der Waals surface area contributed by atoms with E-state index in [0.29, 0.717) is 17.6 Å². The summed E-state index contributed by atoms with van der Waals surface area (Å²) in [5.41, 5.74) is 0.651. The number of aromatic nitrogens is 3. The largest absolute Gasteiger partial charge is 0.353 e. The van der Waals surface area contributed by atoms with Crippen LogP contribution in [0.1, 0.15) is 19.3 Å². The van der Waals surface area contributed by atoms with E-state index >= 15 is 0 Å². The lowest BCUT2D eigenvalue weighted by molar-refractivity contribution is 0.573. The Labute approximate surface area is 104 Å². The molecule has 1 saturated heterocycles.